The van der Waals surface area contributed by atoms with Crippen molar-refractivity contribution >= 4 is 27.3 Å². The first-order valence-corrected chi connectivity index (χ1v) is 12.0. The molecule has 7 nitrogen and oxygen atoms in total. The van der Waals surface area contributed by atoms with Gasteiger partial charge in [0.25, 0.3) is 10.0 Å². The number of methoxy groups -OCH3 is 1. The summed E-state index contributed by atoms with van der Waals surface area (Å²) >= 11 is 1.23. The second-order valence-electron chi connectivity index (χ2n) is 8.12. The van der Waals surface area contributed by atoms with Gasteiger partial charge in [-0.2, -0.15) is 4.31 Å². The third-order valence-corrected chi connectivity index (χ3v) is 8.62. The van der Waals surface area contributed by atoms with Crippen LogP contribution in [0.3, 0.4) is 0 Å². The molecule has 0 saturated carbocycles. The molecule has 1 aromatic heterocycles. The van der Waals surface area contributed by atoms with Crippen LogP contribution in [-0.4, -0.2) is 69.1 Å². The van der Waals surface area contributed by atoms with E-state index in [1.54, 1.807) is 0 Å². The monoisotopic (exact) mass is 430 g/mol. The van der Waals surface area contributed by atoms with Gasteiger partial charge in [0, 0.05) is 37.6 Å². The zero-order chi connectivity index (χ0) is 20.6. The number of nitrogens with zero attached hydrogens (tertiary/aromatic N) is 2. The first-order valence-electron chi connectivity index (χ1n) is 9.74. The molecule has 0 unspecified atom stereocenters. The minimum absolute atomic E-state index is 0.122. The maximum Gasteiger partial charge on any atom is 0.340 e. The highest BCUT2D eigenvalue weighted by Gasteiger charge is 2.39. The Balaban J connectivity index is 2.01. The molecule has 1 fully saturated rings. The lowest BCUT2D eigenvalue weighted by atomic mass is 10.0. The van der Waals surface area contributed by atoms with Crippen molar-refractivity contribution in [2.45, 2.75) is 57.1 Å². The van der Waals surface area contributed by atoms with E-state index in [9.17, 15) is 13.2 Å². The van der Waals surface area contributed by atoms with Crippen LogP contribution >= 0.6 is 11.3 Å². The molecule has 2 atom stereocenters. The van der Waals surface area contributed by atoms with Crippen molar-refractivity contribution in [2.24, 2.45) is 5.92 Å². The quantitative estimate of drug-likeness (QED) is 0.668. The topological polar surface area (TPSA) is 76.2 Å². The fraction of sp³-hybridized carbons (Fsp3) is 0.737. The second kappa shape index (κ2) is 8.39. The Hall–Kier alpha value is -1.00. The summed E-state index contributed by atoms with van der Waals surface area (Å²) in [6.45, 7) is 11.1. The largest absolute Gasteiger partial charge is 0.465 e. The van der Waals surface area contributed by atoms with E-state index in [1.165, 1.54) is 22.8 Å². The number of carbonyl (C=O) groups is 1. The smallest absolute Gasteiger partial charge is 0.340 e. The van der Waals surface area contributed by atoms with Crippen molar-refractivity contribution in [1.29, 1.82) is 0 Å². The molecule has 28 heavy (non-hydrogen) atoms. The zero-order valence-corrected chi connectivity index (χ0v) is 18.9. The Kier molecular flexibility index (Phi) is 6.51. The SMILES string of the molecule is COC(=O)c1c(S(=O)(=O)N2C[C@@H](C)O[C@@H](C)C2)sc2c1CCN(CC(C)C)C2. The number of hydrogen-bond acceptors (Lipinski definition) is 7. The third-order valence-electron chi connectivity index (χ3n) is 5.08. The van der Waals surface area contributed by atoms with Crippen molar-refractivity contribution in [3.63, 3.8) is 0 Å². The van der Waals surface area contributed by atoms with Gasteiger partial charge in [-0.05, 0) is 31.7 Å². The molecule has 0 spiro atoms. The molecular weight excluding hydrogens is 400 g/mol. The fourth-order valence-corrected chi connectivity index (χ4v) is 7.70. The van der Waals surface area contributed by atoms with Gasteiger partial charge < -0.3 is 9.47 Å². The van der Waals surface area contributed by atoms with Crippen molar-refractivity contribution in [3.05, 3.63) is 16.0 Å². The number of fused-ring (bicyclic) bond motifs is 1. The van der Waals surface area contributed by atoms with Gasteiger partial charge in [-0.15, -0.1) is 11.3 Å². The van der Waals surface area contributed by atoms with Crippen LogP contribution in [0, 0.1) is 5.92 Å². The minimum Gasteiger partial charge on any atom is -0.465 e. The Morgan fingerprint density at radius 1 is 1.29 bits per heavy atom. The summed E-state index contributed by atoms with van der Waals surface area (Å²) in [5, 5.41) is 0. The first-order chi connectivity index (χ1) is 13.1. The molecule has 158 valence electrons. The Bertz CT molecular complexity index is 824. The van der Waals surface area contributed by atoms with Crippen molar-refractivity contribution in [3.8, 4) is 0 Å². The molecule has 0 radical (unpaired) electrons. The minimum atomic E-state index is -3.80. The molecule has 3 heterocycles. The molecule has 2 aliphatic rings. The van der Waals surface area contributed by atoms with Crippen molar-refractivity contribution < 1.29 is 22.7 Å². The van der Waals surface area contributed by atoms with Crippen LogP contribution < -0.4 is 0 Å². The maximum atomic E-state index is 13.5. The lowest BCUT2D eigenvalue weighted by molar-refractivity contribution is -0.0440. The van der Waals surface area contributed by atoms with Gasteiger partial charge in [0.2, 0.25) is 0 Å². The summed E-state index contributed by atoms with van der Waals surface area (Å²) < 4.78 is 39.1. The number of sulfonamides is 1. The van der Waals surface area contributed by atoms with Crippen LogP contribution in [0.15, 0.2) is 4.21 Å². The highest BCUT2D eigenvalue weighted by molar-refractivity contribution is 7.91. The second-order valence-corrected chi connectivity index (χ2v) is 11.4. The first kappa shape index (κ1) is 21.7. The molecule has 2 aliphatic heterocycles. The molecule has 0 bridgehead atoms. The molecule has 0 aliphatic carbocycles. The highest BCUT2D eigenvalue weighted by atomic mass is 32.2. The van der Waals surface area contributed by atoms with Gasteiger partial charge in [-0.1, -0.05) is 13.8 Å². The summed E-state index contributed by atoms with van der Waals surface area (Å²) in [6.07, 6.45) is 0.293. The summed E-state index contributed by atoms with van der Waals surface area (Å²) in [5.41, 5.74) is 1.07. The van der Waals surface area contributed by atoms with Crippen LogP contribution in [0.25, 0.3) is 0 Å². The molecule has 1 aromatic rings. The number of esters is 1. The van der Waals surface area contributed by atoms with Crippen LogP contribution in [0.1, 0.15) is 48.5 Å². The fourth-order valence-electron chi connectivity index (χ4n) is 4.04. The van der Waals surface area contributed by atoms with Gasteiger partial charge in [0.1, 0.15) is 4.21 Å². The summed E-state index contributed by atoms with van der Waals surface area (Å²) in [5.74, 6) is -0.0381. The van der Waals surface area contributed by atoms with Gasteiger partial charge >= 0.3 is 5.97 Å². The standard InChI is InChI=1S/C19H30N2O5S2/c1-12(2)8-20-7-6-15-16(11-20)27-19(17(15)18(22)25-5)28(23,24)21-9-13(3)26-14(4)10-21/h12-14H,6-11H2,1-5H3/t13-,14+. The number of ether oxygens (including phenoxy) is 2. The molecule has 3 rings (SSSR count). The van der Waals surface area contributed by atoms with Crippen LogP contribution in [0.2, 0.25) is 0 Å². The predicted molar refractivity (Wildman–Crippen MR) is 108 cm³/mol. The molecule has 1 saturated heterocycles. The molecule has 0 amide bonds. The molecule has 0 N–H and O–H groups in total. The van der Waals surface area contributed by atoms with Gasteiger partial charge in [0.15, 0.2) is 0 Å². The molecule has 0 aromatic carbocycles. The van der Waals surface area contributed by atoms with Crippen LogP contribution in [0.4, 0.5) is 0 Å². The van der Waals surface area contributed by atoms with E-state index in [2.05, 4.69) is 18.7 Å². The van der Waals surface area contributed by atoms with E-state index in [-0.39, 0.29) is 35.1 Å². The van der Waals surface area contributed by atoms with E-state index < -0.39 is 16.0 Å². The number of carbonyl (C=O) groups excluding carboxylic acids is 1. The molecule has 9 heteroatoms. The van der Waals surface area contributed by atoms with Gasteiger partial charge in [0.05, 0.1) is 24.9 Å². The molecular formula is C19H30N2O5S2. The van der Waals surface area contributed by atoms with E-state index in [0.717, 1.165) is 23.5 Å². The lowest BCUT2D eigenvalue weighted by Gasteiger charge is -2.34. The number of hydrogen-bond donors (Lipinski definition) is 0. The average molecular weight is 431 g/mol. The van der Waals surface area contributed by atoms with Crippen LogP contribution in [-0.2, 0) is 32.5 Å². The summed E-state index contributed by atoms with van der Waals surface area (Å²) in [7, 11) is -2.49. The van der Waals surface area contributed by atoms with Gasteiger partial charge in [-0.3, -0.25) is 4.90 Å². The number of thiophene rings is 1. The summed E-state index contributed by atoms with van der Waals surface area (Å²) in [6, 6.07) is 0. The van der Waals surface area contributed by atoms with Crippen molar-refractivity contribution in [2.75, 3.05) is 33.3 Å². The Labute approximate surface area is 171 Å². The highest BCUT2D eigenvalue weighted by Crippen LogP contribution is 2.38. The van der Waals surface area contributed by atoms with E-state index >= 15 is 0 Å². The van der Waals surface area contributed by atoms with E-state index in [0.29, 0.717) is 18.9 Å². The maximum absolute atomic E-state index is 13.5. The van der Waals surface area contributed by atoms with Crippen molar-refractivity contribution in [1.82, 2.24) is 9.21 Å². The lowest BCUT2D eigenvalue weighted by Crippen LogP contribution is -2.48. The van der Waals surface area contributed by atoms with Gasteiger partial charge in [-0.25, -0.2) is 13.2 Å². The van der Waals surface area contributed by atoms with E-state index in [4.69, 9.17) is 9.47 Å². The Morgan fingerprint density at radius 3 is 2.50 bits per heavy atom. The average Bonchev–Trinajstić information content (AvgIpc) is 2.99. The van der Waals surface area contributed by atoms with E-state index in [1.807, 2.05) is 13.8 Å². The predicted octanol–water partition coefficient (Wildman–Crippen LogP) is 2.35. The zero-order valence-electron chi connectivity index (χ0n) is 17.2. The third kappa shape index (κ3) is 4.28. The normalized spacial score (nSPS) is 24.4. The Morgan fingerprint density at radius 2 is 1.93 bits per heavy atom. The number of rotatable bonds is 5. The van der Waals surface area contributed by atoms with Crippen LogP contribution in [0.5, 0.6) is 0 Å². The summed E-state index contributed by atoms with van der Waals surface area (Å²) in [4.78, 5) is 15.8. The number of morpholine rings is 1.